The van der Waals surface area contributed by atoms with E-state index in [9.17, 15) is 4.39 Å². The maximum Gasteiger partial charge on any atom is 0.128 e. The van der Waals surface area contributed by atoms with Gasteiger partial charge in [-0.1, -0.05) is 46.3 Å². The van der Waals surface area contributed by atoms with Crippen molar-refractivity contribution in [2.24, 2.45) is 0 Å². The molecule has 1 nitrogen and oxygen atoms in total. The van der Waals surface area contributed by atoms with Crippen LogP contribution in [0.2, 0.25) is 0 Å². The summed E-state index contributed by atoms with van der Waals surface area (Å²) in [4.78, 5) is 0. The fourth-order valence-electron chi connectivity index (χ4n) is 2.47. The molecule has 21 heavy (non-hydrogen) atoms. The van der Waals surface area contributed by atoms with Crippen LogP contribution in [0.4, 0.5) is 4.39 Å². The van der Waals surface area contributed by atoms with Crippen molar-refractivity contribution in [2.45, 2.75) is 38.8 Å². The number of aryl methyl sites for hydroxylation is 1. The second-order valence-electron chi connectivity index (χ2n) is 5.48. The third-order valence-electron chi connectivity index (χ3n) is 3.67. The molecule has 112 valence electrons. The Morgan fingerprint density at radius 3 is 2.52 bits per heavy atom. The van der Waals surface area contributed by atoms with Crippen LogP contribution >= 0.6 is 15.9 Å². The third-order valence-corrected chi connectivity index (χ3v) is 4.16. The Morgan fingerprint density at radius 2 is 1.81 bits per heavy atom. The highest BCUT2D eigenvalue weighted by Gasteiger charge is 2.13. The fraction of sp³-hybridized carbons (Fsp3) is 0.333. The molecule has 0 heterocycles. The summed E-state index contributed by atoms with van der Waals surface area (Å²) in [7, 11) is 0. The molecule has 1 N–H and O–H groups in total. The Bertz CT molecular complexity index is 571. The Labute approximate surface area is 134 Å². The van der Waals surface area contributed by atoms with Crippen molar-refractivity contribution >= 4 is 15.9 Å². The Morgan fingerprint density at radius 1 is 1.10 bits per heavy atom. The highest BCUT2D eigenvalue weighted by atomic mass is 79.9. The molecule has 2 aromatic rings. The van der Waals surface area contributed by atoms with E-state index in [1.807, 2.05) is 19.1 Å². The second-order valence-corrected chi connectivity index (χ2v) is 6.40. The first-order valence-corrected chi connectivity index (χ1v) is 8.10. The largest absolute Gasteiger partial charge is 0.308 e. The molecular formula is C18H21BrFN. The molecule has 2 atom stereocenters. The van der Waals surface area contributed by atoms with Crippen molar-refractivity contribution < 1.29 is 4.39 Å². The van der Waals surface area contributed by atoms with E-state index < -0.39 is 0 Å². The number of hydrogen-bond donors (Lipinski definition) is 1. The van der Waals surface area contributed by atoms with Crippen LogP contribution in [0.25, 0.3) is 0 Å². The predicted molar refractivity (Wildman–Crippen MR) is 89.9 cm³/mol. The minimum Gasteiger partial charge on any atom is -0.308 e. The van der Waals surface area contributed by atoms with Gasteiger partial charge >= 0.3 is 0 Å². The van der Waals surface area contributed by atoms with Crippen LogP contribution in [0.3, 0.4) is 0 Å². The van der Waals surface area contributed by atoms with Crippen molar-refractivity contribution in [1.29, 1.82) is 0 Å². The average molecular weight is 350 g/mol. The maximum absolute atomic E-state index is 13.9. The van der Waals surface area contributed by atoms with Crippen LogP contribution < -0.4 is 5.32 Å². The summed E-state index contributed by atoms with van der Waals surface area (Å²) in [5.74, 6) is -0.159. The number of rotatable bonds is 6. The summed E-state index contributed by atoms with van der Waals surface area (Å²) >= 11 is 3.40. The maximum atomic E-state index is 13.9. The molecule has 0 amide bonds. The van der Waals surface area contributed by atoms with Crippen LogP contribution in [0.15, 0.2) is 53.0 Å². The average Bonchev–Trinajstić information content (AvgIpc) is 2.48. The van der Waals surface area contributed by atoms with Gasteiger partial charge in [-0.25, -0.2) is 4.39 Å². The fourth-order valence-corrected chi connectivity index (χ4v) is 2.85. The van der Waals surface area contributed by atoms with Crippen LogP contribution in [0.1, 0.15) is 37.4 Å². The van der Waals surface area contributed by atoms with Gasteiger partial charge in [0.15, 0.2) is 0 Å². The lowest BCUT2D eigenvalue weighted by Gasteiger charge is -2.21. The smallest absolute Gasteiger partial charge is 0.128 e. The first kappa shape index (κ1) is 16.2. The summed E-state index contributed by atoms with van der Waals surface area (Å²) in [6.45, 7) is 4.15. The zero-order valence-electron chi connectivity index (χ0n) is 12.4. The van der Waals surface area contributed by atoms with Gasteiger partial charge in [0.1, 0.15) is 5.82 Å². The molecule has 0 saturated carbocycles. The van der Waals surface area contributed by atoms with Crippen LogP contribution in [-0.4, -0.2) is 6.04 Å². The predicted octanol–water partition coefficient (Wildman–Crippen LogP) is 5.26. The first-order chi connectivity index (χ1) is 10.1. The number of hydrogen-bond acceptors (Lipinski definition) is 1. The van der Waals surface area contributed by atoms with Crippen molar-refractivity contribution in [2.75, 3.05) is 0 Å². The zero-order valence-corrected chi connectivity index (χ0v) is 14.0. The van der Waals surface area contributed by atoms with Crippen molar-refractivity contribution in [1.82, 2.24) is 5.32 Å². The van der Waals surface area contributed by atoms with Crippen LogP contribution in [0.5, 0.6) is 0 Å². The van der Waals surface area contributed by atoms with Gasteiger partial charge in [0.05, 0.1) is 0 Å². The van der Waals surface area contributed by atoms with Gasteiger partial charge in [0.25, 0.3) is 0 Å². The van der Waals surface area contributed by atoms with Gasteiger partial charge in [-0.3, -0.25) is 0 Å². The number of nitrogens with one attached hydrogen (secondary N) is 1. The molecule has 0 aromatic heterocycles. The lowest BCUT2D eigenvalue weighted by atomic mass is 10.0. The van der Waals surface area contributed by atoms with Gasteiger partial charge in [0.2, 0.25) is 0 Å². The Kier molecular flexibility index (Phi) is 5.95. The lowest BCUT2D eigenvalue weighted by Crippen LogP contribution is -2.29. The molecular weight excluding hydrogens is 329 g/mol. The molecule has 2 unspecified atom stereocenters. The monoisotopic (exact) mass is 349 g/mol. The van der Waals surface area contributed by atoms with Crippen LogP contribution in [0, 0.1) is 5.82 Å². The highest BCUT2D eigenvalue weighted by Crippen LogP contribution is 2.22. The van der Waals surface area contributed by atoms with Gasteiger partial charge < -0.3 is 5.32 Å². The van der Waals surface area contributed by atoms with E-state index in [0.717, 1.165) is 17.3 Å². The molecule has 0 aliphatic rings. The van der Waals surface area contributed by atoms with E-state index in [1.165, 1.54) is 11.6 Å². The molecule has 0 fully saturated rings. The quantitative estimate of drug-likeness (QED) is 0.749. The van der Waals surface area contributed by atoms with E-state index in [-0.39, 0.29) is 11.9 Å². The molecule has 0 saturated heterocycles. The zero-order chi connectivity index (χ0) is 15.2. The van der Waals surface area contributed by atoms with E-state index in [0.29, 0.717) is 11.6 Å². The van der Waals surface area contributed by atoms with Crippen molar-refractivity contribution in [3.63, 3.8) is 0 Å². The Balaban J connectivity index is 1.90. The molecule has 0 bridgehead atoms. The summed E-state index contributed by atoms with van der Waals surface area (Å²) < 4.78 is 14.8. The van der Waals surface area contributed by atoms with Crippen molar-refractivity contribution in [3.8, 4) is 0 Å². The van der Waals surface area contributed by atoms with Gasteiger partial charge in [-0.05, 0) is 50.5 Å². The van der Waals surface area contributed by atoms with E-state index in [1.54, 1.807) is 6.07 Å². The van der Waals surface area contributed by atoms with E-state index >= 15 is 0 Å². The van der Waals surface area contributed by atoms with Gasteiger partial charge in [-0.15, -0.1) is 0 Å². The Hall–Kier alpha value is -1.19. The van der Waals surface area contributed by atoms with E-state index in [4.69, 9.17) is 0 Å². The van der Waals surface area contributed by atoms with Gasteiger partial charge in [-0.2, -0.15) is 0 Å². The van der Waals surface area contributed by atoms with Gasteiger partial charge in [0, 0.05) is 22.1 Å². The third kappa shape index (κ3) is 4.94. The summed E-state index contributed by atoms with van der Waals surface area (Å²) in [5.41, 5.74) is 2.04. The second kappa shape index (κ2) is 7.71. The molecule has 0 aliphatic carbocycles. The molecule has 0 aliphatic heterocycles. The lowest BCUT2D eigenvalue weighted by molar-refractivity contribution is 0.443. The highest BCUT2D eigenvalue weighted by molar-refractivity contribution is 9.10. The molecule has 2 rings (SSSR count). The summed E-state index contributed by atoms with van der Waals surface area (Å²) in [5, 5.41) is 3.47. The standard InChI is InChI=1S/C18H21BrFN/c1-13(8-9-15-6-4-3-5-7-15)21-14(2)17-12-16(19)10-11-18(17)20/h3-7,10-14,21H,8-9H2,1-2H3. The molecule has 0 spiro atoms. The summed E-state index contributed by atoms with van der Waals surface area (Å²) in [6, 6.07) is 15.8. The minimum atomic E-state index is -0.159. The van der Waals surface area contributed by atoms with Crippen molar-refractivity contribution in [3.05, 3.63) is 69.9 Å². The molecule has 3 heteroatoms. The van der Waals surface area contributed by atoms with Crippen LogP contribution in [-0.2, 0) is 6.42 Å². The first-order valence-electron chi connectivity index (χ1n) is 7.31. The normalized spacial score (nSPS) is 13.9. The summed E-state index contributed by atoms with van der Waals surface area (Å²) in [6.07, 6.45) is 2.06. The minimum absolute atomic E-state index is 0.00623. The number of benzene rings is 2. The molecule has 2 aromatic carbocycles. The molecule has 0 radical (unpaired) electrons. The topological polar surface area (TPSA) is 12.0 Å². The van der Waals surface area contributed by atoms with E-state index in [2.05, 4.69) is 52.4 Å². The SMILES string of the molecule is CC(CCc1ccccc1)NC(C)c1cc(Br)ccc1F. The number of halogens is 2.